The summed E-state index contributed by atoms with van der Waals surface area (Å²) in [6.07, 6.45) is -3.22. The Kier molecular flexibility index (Phi) is 4.56. The Balaban J connectivity index is 2.16. The number of piperidine rings is 1. The highest BCUT2D eigenvalue weighted by molar-refractivity contribution is 5.66. The van der Waals surface area contributed by atoms with Crippen LogP contribution in [0.3, 0.4) is 0 Å². The molecule has 0 saturated carbocycles. The number of benzene rings is 1. The van der Waals surface area contributed by atoms with Gasteiger partial charge in [-0.25, -0.2) is 0 Å². The lowest BCUT2D eigenvalue weighted by molar-refractivity contribution is -0.148. The van der Waals surface area contributed by atoms with Crippen molar-refractivity contribution >= 4 is 5.97 Å². The maximum absolute atomic E-state index is 12.7. The van der Waals surface area contributed by atoms with Crippen LogP contribution in [0, 0.1) is 6.92 Å². The van der Waals surface area contributed by atoms with Crippen LogP contribution in [-0.2, 0) is 15.7 Å². The van der Waals surface area contributed by atoms with Gasteiger partial charge in [-0.15, -0.1) is 0 Å². The van der Waals surface area contributed by atoms with Gasteiger partial charge in [0.25, 0.3) is 0 Å². The molecule has 3 nitrogen and oxygen atoms in total. The molecule has 2 rings (SSSR count). The number of rotatable bonds is 2. The molecule has 1 N–H and O–H groups in total. The molecule has 1 aromatic carbocycles. The van der Waals surface area contributed by atoms with Gasteiger partial charge in [0.2, 0.25) is 0 Å². The van der Waals surface area contributed by atoms with E-state index in [1.165, 1.54) is 13.0 Å². The summed E-state index contributed by atoms with van der Waals surface area (Å²) in [7, 11) is 0. The topological polar surface area (TPSA) is 38.3 Å². The van der Waals surface area contributed by atoms with Crippen molar-refractivity contribution in [1.29, 1.82) is 0 Å². The number of hydrogen-bond acceptors (Lipinski definition) is 3. The van der Waals surface area contributed by atoms with E-state index in [4.69, 9.17) is 4.74 Å². The third-order valence-corrected chi connectivity index (χ3v) is 3.66. The number of carbonyl (C=O) groups excluding carboxylic acids is 1. The summed E-state index contributed by atoms with van der Waals surface area (Å²) < 4.78 is 43.2. The normalized spacial score (nSPS) is 22.9. The molecule has 0 radical (unpaired) electrons. The summed E-state index contributed by atoms with van der Waals surface area (Å²) in [6.45, 7) is 3.70. The van der Waals surface area contributed by atoms with Crippen LogP contribution in [-0.4, -0.2) is 18.6 Å². The fraction of sp³-hybridized carbons (Fsp3) is 0.533. The molecule has 116 valence electrons. The zero-order chi connectivity index (χ0) is 15.6. The van der Waals surface area contributed by atoms with E-state index in [9.17, 15) is 18.0 Å². The van der Waals surface area contributed by atoms with Crippen molar-refractivity contribution in [3.8, 4) is 0 Å². The number of halogens is 3. The summed E-state index contributed by atoms with van der Waals surface area (Å²) >= 11 is 0. The van der Waals surface area contributed by atoms with E-state index in [1.54, 1.807) is 6.92 Å². The molecule has 6 heteroatoms. The van der Waals surface area contributed by atoms with Gasteiger partial charge in [-0.05, 0) is 43.1 Å². The van der Waals surface area contributed by atoms with Gasteiger partial charge in [0.05, 0.1) is 5.56 Å². The third kappa shape index (κ3) is 3.97. The first-order chi connectivity index (χ1) is 9.77. The summed E-state index contributed by atoms with van der Waals surface area (Å²) in [5.41, 5.74) is 0.766. The highest BCUT2D eigenvalue weighted by atomic mass is 19.4. The van der Waals surface area contributed by atoms with Crippen LogP contribution in [0.25, 0.3) is 0 Å². The number of alkyl halides is 3. The molecule has 0 aliphatic carbocycles. The summed E-state index contributed by atoms with van der Waals surface area (Å²) in [4.78, 5) is 11.0. The van der Waals surface area contributed by atoms with E-state index in [2.05, 4.69) is 5.32 Å². The molecular weight excluding hydrogens is 283 g/mol. The predicted octanol–water partition coefficient (Wildman–Crippen LogP) is 3.37. The van der Waals surface area contributed by atoms with Gasteiger partial charge in [-0.1, -0.05) is 6.07 Å². The number of hydrogen-bond donors (Lipinski definition) is 1. The second kappa shape index (κ2) is 6.05. The maximum atomic E-state index is 12.7. The van der Waals surface area contributed by atoms with Gasteiger partial charge in [0.15, 0.2) is 0 Å². The molecule has 1 fully saturated rings. The molecule has 1 aliphatic rings. The average molecular weight is 301 g/mol. The largest absolute Gasteiger partial charge is 0.462 e. The van der Waals surface area contributed by atoms with E-state index in [0.717, 1.165) is 24.1 Å². The second-order valence-electron chi connectivity index (χ2n) is 5.33. The molecule has 1 aromatic rings. The standard InChI is InChI=1S/C15H18F3NO2/c1-9-7-11(15(16,17)18)3-4-13(9)14-8-12(5-6-19-14)21-10(2)20/h3-4,7,12,14,19H,5-6,8H2,1-2H3. The zero-order valence-electron chi connectivity index (χ0n) is 12.0. The Bertz CT molecular complexity index is 528. The predicted molar refractivity (Wildman–Crippen MR) is 71.7 cm³/mol. The van der Waals surface area contributed by atoms with Gasteiger partial charge in [0, 0.05) is 19.4 Å². The summed E-state index contributed by atoms with van der Waals surface area (Å²) in [5, 5.41) is 3.27. The van der Waals surface area contributed by atoms with Crippen molar-refractivity contribution in [3.63, 3.8) is 0 Å². The molecule has 21 heavy (non-hydrogen) atoms. The minimum Gasteiger partial charge on any atom is -0.462 e. The highest BCUT2D eigenvalue weighted by Gasteiger charge is 2.32. The van der Waals surface area contributed by atoms with Crippen molar-refractivity contribution in [2.75, 3.05) is 6.54 Å². The Hall–Kier alpha value is -1.56. The van der Waals surface area contributed by atoms with Crippen LogP contribution >= 0.6 is 0 Å². The second-order valence-corrected chi connectivity index (χ2v) is 5.33. The fourth-order valence-corrected chi connectivity index (χ4v) is 2.70. The SMILES string of the molecule is CC(=O)OC1CCNC(c2ccc(C(F)(F)F)cc2C)C1. The molecule has 0 amide bonds. The zero-order valence-corrected chi connectivity index (χ0v) is 12.0. The van der Waals surface area contributed by atoms with Gasteiger partial charge in [-0.2, -0.15) is 13.2 Å². The molecule has 1 heterocycles. The molecular formula is C15H18F3NO2. The van der Waals surface area contributed by atoms with E-state index in [-0.39, 0.29) is 18.1 Å². The maximum Gasteiger partial charge on any atom is 0.416 e. The van der Waals surface area contributed by atoms with E-state index in [1.807, 2.05) is 0 Å². The van der Waals surface area contributed by atoms with E-state index in [0.29, 0.717) is 18.5 Å². The fourth-order valence-electron chi connectivity index (χ4n) is 2.70. The monoisotopic (exact) mass is 301 g/mol. The van der Waals surface area contributed by atoms with Crippen molar-refractivity contribution in [2.45, 2.75) is 45.0 Å². The Morgan fingerprint density at radius 1 is 1.38 bits per heavy atom. The van der Waals surface area contributed by atoms with Gasteiger partial charge < -0.3 is 10.1 Å². The Morgan fingerprint density at radius 3 is 2.67 bits per heavy atom. The molecule has 1 aliphatic heterocycles. The third-order valence-electron chi connectivity index (χ3n) is 3.66. The van der Waals surface area contributed by atoms with Crippen LogP contribution in [0.1, 0.15) is 42.5 Å². The first-order valence-electron chi connectivity index (χ1n) is 6.85. The summed E-state index contributed by atoms with van der Waals surface area (Å²) in [6, 6.07) is 3.67. The van der Waals surface area contributed by atoms with Crippen LogP contribution in [0.4, 0.5) is 13.2 Å². The first kappa shape index (κ1) is 15.8. The lowest BCUT2D eigenvalue weighted by atomic mass is 9.91. The summed E-state index contributed by atoms with van der Waals surface area (Å²) in [5.74, 6) is -0.329. The molecule has 1 saturated heterocycles. The van der Waals surface area contributed by atoms with Crippen LogP contribution < -0.4 is 5.32 Å². The number of ether oxygens (including phenoxy) is 1. The average Bonchev–Trinajstić information content (AvgIpc) is 2.37. The number of aryl methyl sites for hydroxylation is 1. The minimum absolute atomic E-state index is 0.0922. The van der Waals surface area contributed by atoms with E-state index >= 15 is 0 Å². The first-order valence-corrected chi connectivity index (χ1v) is 6.85. The number of nitrogens with one attached hydrogen (secondary N) is 1. The van der Waals surface area contributed by atoms with Gasteiger partial charge in [-0.3, -0.25) is 4.79 Å². The van der Waals surface area contributed by atoms with Crippen LogP contribution in [0.5, 0.6) is 0 Å². The highest BCUT2D eigenvalue weighted by Crippen LogP contribution is 2.33. The molecule has 2 atom stereocenters. The number of esters is 1. The number of carbonyl (C=O) groups is 1. The Morgan fingerprint density at radius 2 is 2.10 bits per heavy atom. The van der Waals surface area contributed by atoms with Crippen LogP contribution in [0.2, 0.25) is 0 Å². The lowest BCUT2D eigenvalue weighted by Crippen LogP contribution is -2.36. The minimum atomic E-state index is -4.33. The van der Waals surface area contributed by atoms with Crippen molar-refractivity contribution in [2.24, 2.45) is 0 Å². The molecule has 2 unspecified atom stereocenters. The lowest BCUT2D eigenvalue weighted by Gasteiger charge is -2.31. The molecule has 0 bridgehead atoms. The Labute approximate surface area is 121 Å². The van der Waals surface area contributed by atoms with Gasteiger partial charge in [0.1, 0.15) is 6.10 Å². The van der Waals surface area contributed by atoms with Crippen molar-refractivity contribution in [1.82, 2.24) is 5.32 Å². The van der Waals surface area contributed by atoms with Crippen LogP contribution in [0.15, 0.2) is 18.2 Å². The van der Waals surface area contributed by atoms with Crippen molar-refractivity contribution in [3.05, 3.63) is 34.9 Å². The molecule has 0 spiro atoms. The van der Waals surface area contributed by atoms with E-state index < -0.39 is 11.7 Å². The van der Waals surface area contributed by atoms with Gasteiger partial charge >= 0.3 is 12.1 Å². The van der Waals surface area contributed by atoms with Crippen molar-refractivity contribution < 1.29 is 22.7 Å². The smallest absolute Gasteiger partial charge is 0.416 e. The molecule has 0 aromatic heterocycles. The quantitative estimate of drug-likeness (QED) is 0.851.